The smallest absolute Gasteiger partial charge is 0.267 e. The van der Waals surface area contributed by atoms with E-state index in [1.54, 1.807) is 16.9 Å². The van der Waals surface area contributed by atoms with Gasteiger partial charge in [-0.15, -0.1) is 11.3 Å². The Morgan fingerprint density at radius 2 is 1.89 bits per heavy atom. The van der Waals surface area contributed by atoms with Crippen LogP contribution in [0, 0.1) is 6.92 Å². The largest absolute Gasteiger partial charge is 0.306 e. The highest BCUT2D eigenvalue weighted by Gasteiger charge is 2.17. The zero-order valence-electron chi connectivity index (χ0n) is 15.2. The second-order valence-electron chi connectivity index (χ2n) is 6.45. The van der Waals surface area contributed by atoms with Crippen molar-refractivity contribution in [2.75, 3.05) is 5.32 Å². The number of carbonyl (C=O) groups excluding carboxylic acids is 1. The lowest BCUT2D eigenvalue weighted by Crippen LogP contribution is -2.16. The number of aryl methyl sites for hydroxylation is 1. The Balaban J connectivity index is 1.56. The monoisotopic (exact) mass is 407 g/mol. The predicted molar refractivity (Wildman–Crippen MR) is 115 cm³/mol. The standard InChI is InChI=1S/C22H18ClN3OS/c1-15-6-8-16(9-7-15)18-11-13-28-21(18)22(27)25-20-10-12-24-26(20)14-17-4-2-3-5-19(17)23/h2-13H,14H2,1H3,(H,25,27). The van der Waals surface area contributed by atoms with Gasteiger partial charge in [0, 0.05) is 16.7 Å². The van der Waals surface area contributed by atoms with Gasteiger partial charge in [0.2, 0.25) is 0 Å². The number of thiophene rings is 1. The number of halogens is 1. The molecular formula is C22H18ClN3OS. The predicted octanol–water partition coefficient (Wildman–Crippen LogP) is 5.87. The normalized spacial score (nSPS) is 10.8. The highest BCUT2D eigenvalue weighted by Crippen LogP contribution is 2.29. The zero-order valence-corrected chi connectivity index (χ0v) is 16.8. The first-order valence-corrected chi connectivity index (χ1v) is 10.1. The van der Waals surface area contributed by atoms with Gasteiger partial charge >= 0.3 is 0 Å². The number of amides is 1. The summed E-state index contributed by atoms with van der Waals surface area (Å²) in [6.45, 7) is 2.53. The quantitative estimate of drug-likeness (QED) is 0.449. The SMILES string of the molecule is Cc1ccc(-c2ccsc2C(=O)Nc2ccnn2Cc2ccccc2Cl)cc1. The molecular weight excluding hydrogens is 390 g/mol. The molecule has 4 aromatic rings. The van der Waals surface area contributed by atoms with E-state index in [4.69, 9.17) is 11.6 Å². The molecule has 2 aromatic heterocycles. The molecule has 0 aliphatic rings. The lowest BCUT2D eigenvalue weighted by Gasteiger charge is -2.10. The summed E-state index contributed by atoms with van der Waals surface area (Å²) in [5, 5.41) is 9.92. The van der Waals surface area contributed by atoms with Gasteiger partial charge in [-0.05, 0) is 35.6 Å². The molecule has 4 nitrogen and oxygen atoms in total. The molecule has 2 heterocycles. The Bertz CT molecular complexity index is 1110. The minimum absolute atomic E-state index is 0.147. The van der Waals surface area contributed by atoms with Crippen LogP contribution >= 0.6 is 22.9 Å². The van der Waals surface area contributed by atoms with Gasteiger partial charge in [-0.2, -0.15) is 5.10 Å². The van der Waals surface area contributed by atoms with E-state index in [-0.39, 0.29) is 5.91 Å². The summed E-state index contributed by atoms with van der Waals surface area (Å²) < 4.78 is 1.73. The Morgan fingerprint density at radius 1 is 1.11 bits per heavy atom. The molecule has 0 aliphatic carbocycles. The van der Waals surface area contributed by atoms with Crippen molar-refractivity contribution in [2.24, 2.45) is 0 Å². The summed E-state index contributed by atoms with van der Waals surface area (Å²) in [4.78, 5) is 13.6. The van der Waals surface area contributed by atoms with E-state index in [0.717, 1.165) is 16.7 Å². The van der Waals surface area contributed by atoms with Gasteiger partial charge < -0.3 is 5.32 Å². The molecule has 6 heteroatoms. The van der Waals surface area contributed by atoms with Crippen molar-refractivity contribution in [1.29, 1.82) is 0 Å². The first-order valence-electron chi connectivity index (χ1n) is 8.83. The molecule has 0 fully saturated rings. The number of carbonyl (C=O) groups is 1. The van der Waals surface area contributed by atoms with E-state index in [1.807, 2.05) is 66.9 Å². The molecule has 0 saturated heterocycles. The van der Waals surface area contributed by atoms with Crippen molar-refractivity contribution in [1.82, 2.24) is 9.78 Å². The van der Waals surface area contributed by atoms with Crippen LogP contribution in [0.3, 0.4) is 0 Å². The van der Waals surface area contributed by atoms with E-state index < -0.39 is 0 Å². The fraction of sp³-hybridized carbons (Fsp3) is 0.0909. The van der Waals surface area contributed by atoms with Crippen LogP contribution in [0.25, 0.3) is 11.1 Å². The van der Waals surface area contributed by atoms with Gasteiger partial charge in [-0.25, -0.2) is 4.68 Å². The average molecular weight is 408 g/mol. The van der Waals surface area contributed by atoms with Crippen LogP contribution in [0.5, 0.6) is 0 Å². The van der Waals surface area contributed by atoms with Gasteiger partial charge in [0.1, 0.15) is 10.7 Å². The van der Waals surface area contributed by atoms with Crippen molar-refractivity contribution >= 4 is 34.7 Å². The first kappa shape index (κ1) is 18.5. The van der Waals surface area contributed by atoms with E-state index in [1.165, 1.54) is 16.9 Å². The van der Waals surface area contributed by atoms with Crippen LogP contribution < -0.4 is 5.32 Å². The molecule has 0 atom stereocenters. The van der Waals surface area contributed by atoms with E-state index in [0.29, 0.717) is 22.3 Å². The second-order valence-corrected chi connectivity index (χ2v) is 7.77. The lowest BCUT2D eigenvalue weighted by molar-refractivity contribution is 0.103. The van der Waals surface area contributed by atoms with Gasteiger partial charge in [0.25, 0.3) is 5.91 Å². The fourth-order valence-corrected chi connectivity index (χ4v) is 3.98. The van der Waals surface area contributed by atoms with Crippen molar-refractivity contribution in [3.05, 3.63) is 93.3 Å². The first-order chi connectivity index (χ1) is 13.6. The molecule has 4 rings (SSSR count). The molecule has 28 heavy (non-hydrogen) atoms. The molecule has 0 unspecified atom stereocenters. The maximum Gasteiger partial charge on any atom is 0.267 e. The molecule has 0 aliphatic heterocycles. The number of nitrogens with zero attached hydrogens (tertiary/aromatic N) is 2. The van der Waals surface area contributed by atoms with Crippen LogP contribution in [-0.4, -0.2) is 15.7 Å². The lowest BCUT2D eigenvalue weighted by atomic mass is 10.0. The minimum Gasteiger partial charge on any atom is -0.306 e. The van der Waals surface area contributed by atoms with E-state index in [2.05, 4.69) is 10.4 Å². The third-order valence-electron chi connectivity index (χ3n) is 4.47. The van der Waals surface area contributed by atoms with Crippen LogP contribution in [0.2, 0.25) is 5.02 Å². The summed E-state index contributed by atoms with van der Waals surface area (Å²) in [6.07, 6.45) is 1.67. The Labute approximate surface area is 172 Å². The van der Waals surface area contributed by atoms with Gasteiger partial charge in [0.15, 0.2) is 0 Å². The summed E-state index contributed by atoms with van der Waals surface area (Å²) in [6, 6.07) is 19.6. The maximum atomic E-state index is 12.9. The number of hydrogen-bond donors (Lipinski definition) is 1. The van der Waals surface area contributed by atoms with Gasteiger partial charge in [-0.1, -0.05) is 59.6 Å². The van der Waals surface area contributed by atoms with Crippen molar-refractivity contribution in [3.63, 3.8) is 0 Å². The van der Waals surface area contributed by atoms with Crippen molar-refractivity contribution in [3.8, 4) is 11.1 Å². The molecule has 1 N–H and O–H groups in total. The molecule has 2 aromatic carbocycles. The molecule has 140 valence electrons. The third kappa shape index (κ3) is 3.86. The van der Waals surface area contributed by atoms with E-state index >= 15 is 0 Å². The highest BCUT2D eigenvalue weighted by molar-refractivity contribution is 7.12. The third-order valence-corrected chi connectivity index (χ3v) is 5.75. The number of anilines is 1. The Kier molecular flexibility index (Phi) is 5.28. The fourth-order valence-electron chi connectivity index (χ4n) is 2.97. The molecule has 1 amide bonds. The topological polar surface area (TPSA) is 46.9 Å². The van der Waals surface area contributed by atoms with E-state index in [9.17, 15) is 4.79 Å². The van der Waals surface area contributed by atoms with Gasteiger partial charge in [0.05, 0.1) is 12.7 Å². The molecule has 0 bridgehead atoms. The van der Waals surface area contributed by atoms with Crippen LogP contribution in [0.15, 0.2) is 72.2 Å². The average Bonchev–Trinajstić information content (AvgIpc) is 3.34. The Hall–Kier alpha value is -2.89. The minimum atomic E-state index is -0.147. The van der Waals surface area contributed by atoms with Crippen LogP contribution in [-0.2, 0) is 6.54 Å². The number of hydrogen-bond acceptors (Lipinski definition) is 3. The molecule has 0 radical (unpaired) electrons. The number of aromatic nitrogens is 2. The maximum absolute atomic E-state index is 12.9. The summed E-state index contributed by atoms with van der Waals surface area (Å²) in [7, 11) is 0. The van der Waals surface area contributed by atoms with Crippen LogP contribution in [0.1, 0.15) is 20.8 Å². The van der Waals surface area contributed by atoms with Crippen LogP contribution in [0.4, 0.5) is 5.82 Å². The summed E-state index contributed by atoms with van der Waals surface area (Å²) >= 11 is 7.68. The molecule has 0 spiro atoms. The second kappa shape index (κ2) is 8.00. The summed E-state index contributed by atoms with van der Waals surface area (Å²) in [5.74, 6) is 0.486. The number of rotatable bonds is 5. The zero-order chi connectivity index (χ0) is 19.5. The van der Waals surface area contributed by atoms with Gasteiger partial charge in [-0.3, -0.25) is 4.79 Å². The number of benzene rings is 2. The highest BCUT2D eigenvalue weighted by atomic mass is 35.5. The molecule has 0 saturated carbocycles. The number of nitrogens with one attached hydrogen (secondary N) is 1. The van der Waals surface area contributed by atoms with Crippen molar-refractivity contribution < 1.29 is 4.79 Å². The van der Waals surface area contributed by atoms with Crippen molar-refractivity contribution in [2.45, 2.75) is 13.5 Å². The Morgan fingerprint density at radius 3 is 2.68 bits per heavy atom. The summed E-state index contributed by atoms with van der Waals surface area (Å²) in [5.41, 5.74) is 4.09.